The Balaban J connectivity index is 1.76. The molecule has 7 heteroatoms. The molecule has 2 heterocycles. The van der Waals surface area contributed by atoms with Crippen LogP contribution in [0, 0.1) is 17.2 Å². The zero-order valence-electron chi connectivity index (χ0n) is 14.3. The third-order valence-electron chi connectivity index (χ3n) is 5.07. The Labute approximate surface area is 145 Å². The van der Waals surface area contributed by atoms with Gasteiger partial charge in [-0.1, -0.05) is 0 Å². The smallest absolute Gasteiger partial charge is 0.154 e. The Kier molecular flexibility index (Phi) is 3.65. The van der Waals surface area contributed by atoms with Crippen LogP contribution in [0.2, 0.25) is 0 Å². The molecule has 4 rings (SSSR count). The van der Waals surface area contributed by atoms with Gasteiger partial charge in [0, 0.05) is 29.3 Å². The minimum atomic E-state index is -0.964. The maximum atomic E-state index is 10.6. The molecular formula is C18H21N5O2. The fraction of sp³-hybridized carbons (Fsp3) is 0.500. The van der Waals surface area contributed by atoms with Crippen LogP contribution in [0.3, 0.4) is 0 Å². The molecule has 130 valence electrons. The lowest BCUT2D eigenvalue weighted by Gasteiger charge is -2.26. The monoisotopic (exact) mass is 339 g/mol. The summed E-state index contributed by atoms with van der Waals surface area (Å²) < 4.78 is 1.78. The lowest BCUT2D eigenvalue weighted by molar-refractivity contribution is 0.0701. The number of aliphatic hydroxyl groups is 2. The average Bonchev–Trinajstić information content (AvgIpc) is 3.10. The predicted molar refractivity (Wildman–Crippen MR) is 89.9 cm³/mol. The SMILES string of the molecule is CC(C)(CO)NC(O)c1nn(-c2cc(C#N)ccn2)c2c1C[C@H]1C[C@@H]21. The van der Waals surface area contributed by atoms with Crippen molar-refractivity contribution in [3.63, 3.8) is 0 Å². The molecule has 0 aliphatic heterocycles. The molecule has 1 fully saturated rings. The van der Waals surface area contributed by atoms with Gasteiger partial charge in [0.05, 0.1) is 23.9 Å². The standard InChI is InChI=1S/C18H21N5O2/c1-18(2,9-24)21-17(25)15-13-7-11-6-12(11)16(13)23(22-15)14-5-10(8-19)3-4-20-14/h3-5,11-12,17,21,24-25H,6-7,9H2,1-2H3/t11-,12-,17?/m1/s1. The third-order valence-corrected chi connectivity index (χ3v) is 5.07. The van der Waals surface area contributed by atoms with E-state index < -0.39 is 11.8 Å². The second kappa shape index (κ2) is 5.63. The van der Waals surface area contributed by atoms with Gasteiger partial charge in [0.1, 0.15) is 5.69 Å². The summed E-state index contributed by atoms with van der Waals surface area (Å²) in [5.41, 5.74) is 2.68. The lowest BCUT2D eigenvalue weighted by Crippen LogP contribution is -2.45. The van der Waals surface area contributed by atoms with Gasteiger partial charge in [-0.2, -0.15) is 10.4 Å². The van der Waals surface area contributed by atoms with E-state index in [0.717, 1.165) is 24.1 Å². The van der Waals surface area contributed by atoms with Crippen molar-refractivity contribution >= 4 is 0 Å². The number of hydrogen-bond acceptors (Lipinski definition) is 6. The molecule has 1 saturated carbocycles. The van der Waals surface area contributed by atoms with Crippen molar-refractivity contribution in [1.29, 1.82) is 5.26 Å². The van der Waals surface area contributed by atoms with Gasteiger partial charge in [0.2, 0.25) is 0 Å². The van der Waals surface area contributed by atoms with Crippen molar-refractivity contribution in [1.82, 2.24) is 20.1 Å². The molecule has 7 nitrogen and oxygen atoms in total. The van der Waals surface area contributed by atoms with Crippen LogP contribution in [-0.2, 0) is 6.42 Å². The molecule has 2 aromatic rings. The minimum Gasteiger partial charge on any atom is -0.394 e. The van der Waals surface area contributed by atoms with Gasteiger partial charge < -0.3 is 10.2 Å². The zero-order valence-corrected chi connectivity index (χ0v) is 14.3. The van der Waals surface area contributed by atoms with E-state index >= 15 is 0 Å². The first-order valence-corrected chi connectivity index (χ1v) is 8.48. The maximum absolute atomic E-state index is 10.6. The molecule has 2 aromatic heterocycles. The third kappa shape index (κ3) is 2.72. The van der Waals surface area contributed by atoms with Crippen molar-refractivity contribution in [2.45, 2.75) is 44.4 Å². The van der Waals surface area contributed by atoms with Crippen molar-refractivity contribution in [2.24, 2.45) is 5.92 Å². The van der Waals surface area contributed by atoms with Gasteiger partial charge in [-0.25, -0.2) is 9.67 Å². The Bertz CT molecular complexity index is 867. The van der Waals surface area contributed by atoms with Crippen molar-refractivity contribution in [3.8, 4) is 11.9 Å². The first-order valence-electron chi connectivity index (χ1n) is 8.48. The first kappa shape index (κ1) is 16.2. The van der Waals surface area contributed by atoms with Crippen LogP contribution in [0.5, 0.6) is 0 Å². The van der Waals surface area contributed by atoms with Gasteiger partial charge in [0.15, 0.2) is 12.0 Å². The van der Waals surface area contributed by atoms with E-state index in [1.165, 1.54) is 0 Å². The Morgan fingerprint density at radius 2 is 2.32 bits per heavy atom. The van der Waals surface area contributed by atoms with E-state index in [2.05, 4.69) is 21.5 Å². The van der Waals surface area contributed by atoms with E-state index in [4.69, 9.17) is 5.26 Å². The lowest BCUT2D eigenvalue weighted by atomic mass is 10.0. The van der Waals surface area contributed by atoms with Crippen molar-refractivity contribution < 1.29 is 10.2 Å². The molecule has 3 atom stereocenters. The number of nitrogens with zero attached hydrogens (tertiary/aromatic N) is 4. The minimum absolute atomic E-state index is 0.0933. The molecule has 0 spiro atoms. The molecule has 25 heavy (non-hydrogen) atoms. The van der Waals surface area contributed by atoms with Crippen LogP contribution >= 0.6 is 0 Å². The summed E-state index contributed by atoms with van der Waals surface area (Å²) in [6, 6.07) is 5.50. The summed E-state index contributed by atoms with van der Waals surface area (Å²) in [7, 11) is 0. The molecule has 1 unspecified atom stereocenters. The van der Waals surface area contributed by atoms with Crippen LogP contribution in [0.25, 0.3) is 5.82 Å². The number of hydrogen-bond donors (Lipinski definition) is 3. The van der Waals surface area contributed by atoms with E-state index in [0.29, 0.717) is 28.9 Å². The fourth-order valence-corrected chi connectivity index (χ4v) is 3.62. The van der Waals surface area contributed by atoms with E-state index in [9.17, 15) is 10.2 Å². The molecule has 3 N–H and O–H groups in total. The quantitative estimate of drug-likeness (QED) is 0.706. The molecule has 0 amide bonds. The van der Waals surface area contributed by atoms with E-state index in [-0.39, 0.29) is 6.61 Å². The highest BCUT2D eigenvalue weighted by atomic mass is 16.3. The number of nitrogens with one attached hydrogen (secondary N) is 1. The molecule has 0 saturated heterocycles. The normalized spacial score (nSPS) is 22.2. The number of aromatic nitrogens is 3. The maximum Gasteiger partial charge on any atom is 0.154 e. The molecule has 0 bridgehead atoms. The number of rotatable bonds is 5. The average molecular weight is 339 g/mol. The summed E-state index contributed by atoms with van der Waals surface area (Å²) in [5.74, 6) is 1.68. The van der Waals surface area contributed by atoms with Crippen LogP contribution in [0.15, 0.2) is 18.3 Å². The van der Waals surface area contributed by atoms with Crippen LogP contribution in [0.1, 0.15) is 54.9 Å². The van der Waals surface area contributed by atoms with E-state index in [1.807, 2.05) is 13.8 Å². The summed E-state index contributed by atoms with van der Waals surface area (Å²) in [6.07, 6.45) is 2.69. The Morgan fingerprint density at radius 3 is 3.04 bits per heavy atom. The predicted octanol–water partition coefficient (Wildman–Crippen LogP) is 1.15. The first-order chi connectivity index (χ1) is 11.9. The van der Waals surface area contributed by atoms with Gasteiger partial charge in [0.25, 0.3) is 0 Å². The van der Waals surface area contributed by atoms with Crippen molar-refractivity contribution in [2.75, 3.05) is 6.61 Å². The Hall–Kier alpha value is -2.27. The second-order valence-corrected chi connectivity index (χ2v) is 7.57. The van der Waals surface area contributed by atoms with Crippen LogP contribution in [-0.4, -0.2) is 37.1 Å². The molecule has 0 radical (unpaired) electrons. The molecular weight excluding hydrogens is 318 g/mol. The summed E-state index contributed by atoms with van der Waals surface area (Å²) in [4.78, 5) is 4.36. The molecule has 0 aromatic carbocycles. The molecule has 2 aliphatic rings. The summed E-state index contributed by atoms with van der Waals surface area (Å²) in [5, 5.41) is 36.9. The summed E-state index contributed by atoms with van der Waals surface area (Å²) in [6.45, 7) is 3.55. The second-order valence-electron chi connectivity index (χ2n) is 7.57. The molecule has 2 aliphatic carbocycles. The Morgan fingerprint density at radius 1 is 1.52 bits per heavy atom. The van der Waals surface area contributed by atoms with Crippen LogP contribution in [0.4, 0.5) is 0 Å². The fourth-order valence-electron chi connectivity index (χ4n) is 3.62. The zero-order chi connectivity index (χ0) is 17.8. The highest BCUT2D eigenvalue weighted by Crippen LogP contribution is 2.57. The number of pyridine rings is 1. The number of nitriles is 1. The van der Waals surface area contributed by atoms with E-state index in [1.54, 1.807) is 23.0 Å². The number of fused-ring (bicyclic) bond motifs is 3. The van der Waals surface area contributed by atoms with Gasteiger partial charge in [-0.05, 0) is 38.7 Å². The van der Waals surface area contributed by atoms with Crippen molar-refractivity contribution in [3.05, 3.63) is 40.8 Å². The van der Waals surface area contributed by atoms with Gasteiger partial charge in [-0.3, -0.25) is 5.32 Å². The summed E-state index contributed by atoms with van der Waals surface area (Å²) >= 11 is 0. The highest BCUT2D eigenvalue weighted by molar-refractivity contribution is 5.46. The number of aliphatic hydroxyl groups excluding tert-OH is 2. The van der Waals surface area contributed by atoms with Gasteiger partial charge in [-0.15, -0.1) is 0 Å². The largest absolute Gasteiger partial charge is 0.394 e. The van der Waals surface area contributed by atoms with Crippen LogP contribution < -0.4 is 5.32 Å². The topological polar surface area (TPSA) is 107 Å². The van der Waals surface area contributed by atoms with Gasteiger partial charge >= 0.3 is 0 Å². The highest BCUT2D eigenvalue weighted by Gasteiger charge is 2.50.